The van der Waals surface area contributed by atoms with Gasteiger partial charge >= 0.3 is 0 Å². The van der Waals surface area contributed by atoms with E-state index in [2.05, 4.69) is 17.5 Å². The summed E-state index contributed by atoms with van der Waals surface area (Å²) in [6, 6.07) is 5.98. The molecule has 0 saturated carbocycles. The van der Waals surface area contributed by atoms with E-state index in [1.807, 2.05) is 18.2 Å². The van der Waals surface area contributed by atoms with Gasteiger partial charge in [-0.25, -0.2) is 0 Å². The van der Waals surface area contributed by atoms with Gasteiger partial charge in [0.2, 0.25) is 5.91 Å². The van der Waals surface area contributed by atoms with Crippen LogP contribution in [-0.2, 0) is 11.2 Å². The molecule has 4 nitrogen and oxygen atoms in total. The van der Waals surface area contributed by atoms with E-state index >= 15 is 0 Å². The molecule has 3 rings (SSSR count). The van der Waals surface area contributed by atoms with Gasteiger partial charge in [-0.1, -0.05) is 18.2 Å². The third-order valence-electron chi connectivity index (χ3n) is 3.96. The van der Waals surface area contributed by atoms with Crippen LogP contribution in [-0.4, -0.2) is 25.7 Å². The molecule has 0 fully saturated rings. The first-order valence-electron chi connectivity index (χ1n) is 7.64. The number of nitrogens with one attached hydrogen (secondary N) is 1. The van der Waals surface area contributed by atoms with Crippen LogP contribution < -0.4 is 14.8 Å². The molecule has 1 N–H and O–H groups in total. The molecule has 0 aromatic heterocycles. The highest BCUT2D eigenvalue weighted by Crippen LogP contribution is 2.30. The summed E-state index contributed by atoms with van der Waals surface area (Å²) in [5.74, 6) is 1.94. The minimum Gasteiger partial charge on any atom is -0.486 e. The SMILES string of the molecule is O=C(NCCc1ccc2c(c1)OCCO2)C1CC=CCC1. The van der Waals surface area contributed by atoms with Gasteiger partial charge in [0, 0.05) is 12.5 Å². The highest BCUT2D eigenvalue weighted by Gasteiger charge is 2.18. The Morgan fingerprint density at radius 3 is 2.86 bits per heavy atom. The summed E-state index contributed by atoms with van der Waals surface area (Å²) in [4.78, 5) is 12.0. The molecule has 1 aliphatic carbocycles. The Balaban J connectivity index is 1.49. The van der Waals surface area contributed by atoms with Gasteiger partial charge in [0.25, 0.3) is 0 Å². The quantitative estimate of drug-likeness (QED) is 0.865. The molecule has 2 aliphatic rings. The predicted molar refractivity (Wildman–Crippen MR) is 80.6 cm³/mol. The molecule has 1 amide bonds. The lowest BCUT2D eigenvalue weighted by Gasteiger charge is -2.19. The van der Waals surface area contributed by atoms with Crippen LogP contribution in [0.15, 0.2) is 30.4 Å². The largest absolute Gasteiger partial charge is 0.486 e. The summed E-state index contributed by atoms with van der Waals surface area (Å²) >= 11 is 0. The molecule has 1 aromatic rings. The lowest BCUT2D eigenvalue weighted by atomic mass is 9.93. The second-order valence-corrected chi connectivity index (χ2v) is 5.50. The van der Waals surface area contributed by atoms with E-state index in [-0.39, 0.29) is 11.8 Å². The van der Waals surface area contributed by atoms with Gasteiger partial charge < -0.3 is 14.8 Å². The fourth-order valence-corrected chi connectivity index (χ4v) is 2.75. The van der Waals surface area contributed by atoms with Gasteiger partial charge in [-0.15, -0.1) is 0 Å². The summed E-state index contributed by atoms with van der Waals surface area (Å²) in [6.45, 7) is 1.87. The first-order valence-corrected chi connectivity index (χ1v) is 7.64. The van der Waals surface area contributed by atoms with Crippen LogP contribution in [0.1, 0.15) is 24.8 Å². The number of ether oxygens (including phenoxy) is 2. The number of fused-ring (bicyclic) bond motifs is 1. The van der Waals surface area contributed by atoms with E-state index in [0.29, 0.717) is 19.8 Å². The Kier molecular flexibility index (Phi) is 4.43. The highest BCUT2D eigenvalue weighted by molar-refractivity contribution is 5.78. The van der Waals surface area contributed by atoms with Crippen molar-refractivity contribution in [3.05, 3.63) is 35.9 Å². The molecule has 1 unspecified atom stereocenters. The molecular formula is C17H21NO3. The van der Waals surface area contributed by atoms with Crippen LogP contribution in [0.3, 0.4) is 0 Å². The number of carbonyl (C=O) groups excluding carboxylic acids is 1. The lowest BCUT2D eigenvalue weighted by molar-refractivity contribution is -0.125. The van der Waals surface area contributed by atoms with E-state index in [4.69, 9.17) is 9.47 Å². The van der Waals surface area contributed by atoms with Gasteiger partial charge in [0.05, 0.1) is 0 Å². The molecule has 112 valence electrons. The van der Waals surface area contributed by atoms with E-state index < -0.39 is 0 Å². The Morgan fingerprint density at radius 1 is 1.19 bits per heavy atom. The lowest BCUT2D eigenvalue weighted by Crippen LogP contribution is -2.32. The van der Waals surface area contributed by atoms with E-state index in [9.17, 15) is 4.79 Å². The second kappa shape index (κ2) is 6.66. The molecule has 0 bridgehead atoms. The molecule has 1 atom stereocenters. The second-order valence-electron chi connectivity index (χ2n) is 5.50. The average molecular weight is 287 g/mol. The van der Waals surface area contributed by atoms with E-state index in [0.717, 1.165) is 42.7 Å². The Bertz CT molecular complexity index is 539. The van der Waals surface area contributed by atoms with Crippen molar-refractivity contribution in [2.45, 2.75) is 25.7 Å². The van der Waals surface area contributed by atoms with E-state index in [1.54, 1.807) is 0 Å². The van der Waals surface area contributed by atoms with Crippen molar-refractivity contribution >= 4 is 5.91 Å². The minimum absolute atomic E-state index is 0.148. The number of benzene rings is 1. The monoisotopic (exact) mass is 287 g/mol. The summed E-state index contributed by atoms with van der Waals surface area (Å²) in [5.41, 5.74) is 1.16. The predicted octanol–water partition coefficient (Wildman–Crippen LogP) is 2.47. The normalized spacial score (nSPS) is 20.1. The topological polar surface area (TPSA) is 47.6 Å². The van der Waals surface area contributed by atoms with Crippen LogP contribution in [0.5, 0.6) is 11.5 Å². The number of amides is 1. The van der Waals surface area contributed by atoms with Gasteiger partial charge in [-0.05, 0) is 43.4 Å². The maximum absolute atomic E-state index is 12.0. The third kappa shape index (κ3) is 3.57. The Labute approximate surface area is 125 Å². The number of hydrogen-bond donors (Lipinski definition) is 1. The van der Waals surface area contributed by atoms with Crippen molar-refractivity contribution in [3.63, 3.8) is 0 Å². The van der Waals surface area contributed by atoms with Crippen LogP contribution in [0.25, 0.3) is 0 Å². The fourth-order valence-electron chi connectivity index (χ4n) is 2.75. The first kappa shape index (κ1) is 14.0. The Hall–Kier alpha value is -1.97. The smallest absolute Gasteiger partial charge is 0.223 e. The molecule has 0 spiro atoms. The summed E-state index contributed by atoms with van der Waals surface area (Å²) in [7, 11) is 0. The summed E-state index contributed by atoms with van der Waals surface area (Å²) in [6.07, 6.45) is 7.92. The minimum atomic E-state index is 0.148. The fraction of sp³-hybridized carbons (Fsp3) is 0.471. The molecule has 1 aliphatic heterocycles. The number of carbonyl (C=O) groups is 1. The highest BCUT2D eigenvalue weighted by atomic mass is 16.6. The average Bonchev–Trinajstić information content (AvgIpc) is 2.55. The summed E-state index contributed by atoms with van der Waals surface area (Å²) < 4.78 is 11.1. The molecule has 1 heterocycles. The standard InChI is InChI=1S/C17H21NO3/c19-17(14-4-2-1-3-5-14)18-9-8-13-6-7-15-16(12-13)21-11-10-20-15/h1-2,6-7,12,14H,3-5,8-11H2,(H,18,19). The number of allylic oxidation sites excluding steroid dienone is 2. The van der Waals surface area contributed by atoms with E-state index in [1.165, 1.54) is 0 Å². The van der Waals surface area contributed by atoms with Crippen LogP contribution in [0.2, 0.25) is 0 Å². The van der Waals surface area contributed by atoms with Crippen LogP contribution in [0, 0.1) is 5.92 Å². The van der Waals surface area contributed by atoms with Crippen molar-refractivity contribution in [3.8, 4) is 11.5 Å². The van der Waals surface area contributed by atoms with Crippen molar-refractivity contribution in [2.24, 2.45) is 5.92 Å². The molecular weight excluding hydrogens is 266 g/mol. The maximum Gasteiger partial charge on any atom is 0.223 e. The first-order chi connectivity index (χ1) is 10.3. The van der Waals surface area contributed by atoms with Crippen molar-refractivity contribution < 1.29 is 14.3 Å². The van der Waals surface area contributed by atoms with Crippen molar-refractivity contribution in [1.29, 1.82) is 0 Å². The van der Waals surface area contributed by atoms with Crippen molar-refractivity contribution in [1.82, 2.24) is 5.32 Å². The van der Waals surface area contributed by atoms with Crippen LogP contribution >= 0.6 is 0 Å². The molecule has 1 aromatic carbocycles. The van der Waals surface area contributed by atoms with Gasteiger partial charge in [0.1, 0.15) is 13.2 Å². The van der Waals surface area contributed by atoms with Crippen LogP contribution in [0.4, 0.5) is 0 Å². The zero-order valence-electron chi connectivity index (χ0n) is 12.1. The van der Waals surface area contributed by atoms with Crippen molar-refractivity contribution in [2.75, 3.05) is 19.8 Å². The summed E-state index contributed by atoms with van der Waals surface area (Å²) in [5, 5.41) is 3.04. The molecule has 0 saturated heterocycles. The molecule has 4 heteroatoms. The molecule has 21 heavy (non-hydrogen) atoms. The zero-order chi connectivity index (χ0) is 14.5. The maximum atomic E-state index is 12.0. The van der Waals surface area contributed by atoms with Gasteiger partial charge in [-0.3, -0.25) is 4.79 Å². The number of rotatable bonds is 4. The zero-order valence-corrected chi connectivity index (χ0v) is 12.1. The van der Waals surface area contributed by atoms with Gasteiger partial charge in [0.15, 0.2) is 11.5 Å². The number of hydrogen-bond acceptors (Lipinski definition) is 3. The molecule has 0 radical (unpaired) electrons. The van der Waals surface area contributed by atoms with Gasteiger partial charge in [-0.2, -0.15) is 0 Å². The Morgan fingerprint density at radius 2 is 2.05 bits per heavy atom. The third-order valence-corrected chi connectivity index (χ3v) is 3.96.